The van der Waals surface area contributed by atoms with Crippen LogP contribution in [-0.2, 0) is 19.5 Å². The van der Waals surface area contributed by atoms with E-state index >= 15 is 0 Å². The Balaban J connectivity index is 1.02. The number of nitrogens with zero attached hydrogens (tertiary/aromatic N) is 7. The Morgan fingerprint density at radius 2 is 1.68 bits per heavy atom. The number of benzene rings is 2. The number of rotatable bonds is 9. The monoisotopic (exact) mass is 718 g/mol. The molecule has 1 saturated heterocycles. The summed E-state index contributed by atoms with van der Waals surface area (Å²) < 4.78 is 19.3. The van der Waals surface area contributed by atoms with E-state index in [2.05, 4.69) is 60.8 Å². The summed E-state index contributed by atoms with van der Waals surface area (Å²) in [6.07, 6.45) is 9.31. The van der Waals surface area contributed by atoms with Gasteiger partial charge in [-0.05, 0) is 86.4 Å². The van der Waals surface area contributed by atoms with Gasteiger partial charge in [0.05, 0.1) is 17.3 Å². The topological polar surface area (TPSA) is 110 Å². The van der Waals surface area contributed by atoms with Gasteiger partial charge in [0.25, 0.3) is 11.5 Å². The standard InChI is InChI=1S/C41H47FN8O3/c1-2-17-46-19-21-47(22-20-46)26-28-9-11-29(12-10-28)30-6-5-7-34(23-30)49-38-35(24-31(42)25-43-38)40(52)50(41(49)53)33-15-13-32(14-16-33)44-39(51)36-27-48-18-4-3-8-37(48)45-36/h5-7,9-12,23-25,27,32-33H,2-4,8,13-22,26H2,1H3,(H,44,51). The van der Waals surface area contributed by atoms with Gasteiger partial charge in [-0.25, -0.2) is 23.7 Å². The van der Waals surface area contributed by atoms with E-state index < -0.39 is 23.1 Å². The lowest BCUT2D eigenvalue weighted by Crippen LogP contribution is -2.45. The number of amides is 1. The molecule has 53 heavy (non-hydrogen) atoms. The zero-order valence-corrected chi connectivity index (χ0v) is 30.3. The van der Waals surface area contributed by atoms with Crippen molar-refractivity contribution in [2.75, 3.05) is 32.7 Å². The van der Waals surface area contributed by atoms with Gasteiger partial charge in [0.15, 0.2) is 5.65 Å². The number of halogens is 1. The van der Waals surface area contributed by atoms with Crippen molar-refractivity contribution < 1.29 is 9.18 Å². The molecule has 3 aromatic heterocycles. The van der Waals surface area contributed by atoms with E-state index in [-0.39, 0.29) is 23.0 Å². The lowest BCUT2D eigenvalue weighted by molar-refractivity contribution is 0.0917. The zero-order valence-electron chi connectivity index (χ0n) is 30.3. The first-order valence-electron chi connectivity index (χ1n) is 19.2. The summed E-state index contributed by atoms with van der Waals surface area (Å²) in [5, 5.41) is 3.17. The highest BCUT2D eigenvalue weighted by atomic mass is 19.1. The number of pyridine rings is 1. The number of imidazole rings is 1. The maximum atomic E-state index is 14.6. The SMILES string of the molecule is CCCN1CCN(Cc2ccc(-c3cccc(-n4c(=O)n(C5CCC(NC(=O)c6cn7c(n6)CCCC7)CC5)c(=O)c5cc(F)cnc54)c3)cc2)CC1. The number of aromatic nitrogens is 5. The third-order valence-corrected chi connectivity index (χ3v) is 11.2. The van der Waals surface area contributed by atoms with Gasteiger partial charge in [-0.2, -0.15) is 0 Å². The first-order chi connectivity index (χ1) is 25.8. The molecule has 1 aliphatic carbocycles. The lowest BCUT2D eigenvalue weighted by atomic mass is 9.90. The fraction of sp³-hybridized carbons (Fsp3) is 0.439. The Bertz CT molecular complexity index is 2200. The van der Waals surface area contributed by atoms with E-state index in [0.717, 1.165) is 88.2 Å². The smallest absolute Gasteiger partial charge is 0.337 e. The fourth-order valence-corrected chi connectivity index (χ4v) is 8.37. The third-order valence-electron chi connectivity index (χ3n) is 11.2. The number of carbonyl (C=O) groups excluding carboxylic acids is 1. The van der Waals surface area contributed by atoms with Gasteiger partial charge < -0.3 is 14.8 Å². The summed E-state index contributed by atoms with van der Waals surface area (Å²) in [4.78, 5) is 55.2. The highest BCUT2D eigenvalue weighted by Gasteiger charge is 2.29. The first kappa shape index (κ1) is 35.1. The number of hydrogen-bond acceptors (Lipinski definition) is 7. The second-order valence-corrected chi connectivity index (χ2v) is 14.9. The van der Waals surface area contributed by atoms with E-state index in [1.165, 1.54) is 27.2 Å². The highest BCUT2D eigenvalue weighted by molar-refractivity contribution is 5.92. The molecule has 8 rings (SSSR count). The van der Waals surface area contributed by atoms with Crippen molar-refractivity contribution in [2.45, 2.75) is 83.5 Å². The summed E-state index contributed by atoms with van der Waals surface area (Å²) in [5.74, 6) is 0.113. The Morgan fingerprint density at radius 3 is 2.43 bits per heavy atom. The van der Waals surface area contributed by atoms with Gasteiger partial charge in [0.2, 0.25) is 0 Å². The summed E-state index contributed by atoms with van der Waals surface area (Å²) >= 11 is 0. The van der Waals surface area contributed by atoms with Gasteiger partial charge in [0.1, 0.15) is 17.3 Å². The molecule has 3 aliphatic rings. The molecule has 12 heteroatoms. The number of piperazine rings is 1. The number of carbonyl (C=O) groups is 1. The van der Waals surface area contributed by atoms with Crippen LogP contribution in [0, 0.1) is 5.82 Å². The summed E-state index contributed by atoms with van der Waals surface area (Å²) in [6, 6.07) is 16.8. The largest absolute Gasteiger partial charge is 0.348 e. The van der Waals surface area contributed by atoms with Crippen LogP contribution in [0.25, 0.3) is 27.8 Å². The van der Waals surface area contributed by atoms with E-state index in [1.807, 2.05) is 30.5 Å². The van der Waals surface area contributed by atoms with E-state index in [0.29, 0.717) is 37.1 Å². The Morgan fingerprint density at radius 1 is 0.906 bits per heavy atom. The van der Waals surface area contributed by atoms with E-state index in [4.69, 9.17) is 0 Å². The van der Waals surface area contributed by atoms with Crippen LogP contribution < -0.4 is 16.6 Å². The molecule has 2 fully saturated rings. The van der Waals surface area contributed by atoms with Crippen LogP contribution in [0.3, 0.4) is 0 Å². The number of aryl methyl sites for hydroxylation is 2. The van der Waals surface area contributed by atoms with Crippen LogP contribution in [0.5, 0.6) is 0 Å². The predicted octanol–water partition coefficient (Wildman–Crippen LogP) is 5.33. The van der Waals surface area contributed by atoms with Crippen molar-refractivity contribution in [3.63, 3.8) is 0 Å². The Labute approximate surface area is 308 Å². The predicted molar refractivity (Wildman–Crippen MR) is 203 cm³/mol. The molecular weight excluding hydrogens is 672 g/mol. The molecule has 2 aliphatic heterocycles. The van der Waals surface area contributed by atoms with Crippen LogP contribution in [-0.4, -0.2) is 78.1 Å². The molecule has 0 bridgehead atoms. The minimum Gasteiger partial charge on any atom is -0.348 e. The molecular formula is C41H47FN8O3. The summed E-state index contributed by atoms with van der Waals surface area (Å²) in [7, 11) is 0. The zero-order chi connectivity index (χ0) is 36.5. The summed E-state index contributed by atoms with van der Waals surface area (Å²) in [6.45, 7) is 9.53. The van der Waals surface area contributed by atoms with E-state index in [9.17, 15) is 18.8 Å². The van der Waals surface area contributed by atoms with E-state index in [1.54, 1.807) is 0 Å². The number of nitrogens with one attached hydrogen (secondary N) is 1. The molecule has 0 atom stereocenters. The summed E-state index contributed by atoms with van der Waals surface area (Å²) in [5.41, 5.74) is 3.20. The van der Waals surface area contributed by atoms with Crippen molar-refractivity contribution >= 4 is 16.9 Å². The molecule has 2 aromatic carbocycles. The average Bonchev–Trinajstić information content (AvgIpc) is 3.62. The molecule has 0 radical (unpaired) electrons. The minimum absolute atomic E-state index is 0.0501. The first-order valence-corrected chi connectivity index (χ1v) is 19.2. The van der Waals surface area contributed by atoms with Crippen molar-refractivity contribution in [3.05, 3.63) is 111 Å². The molecule has 0 spiro atoms. The van der Waals surface area contributed by atoms with Gasteiger partial charge in [-0.3, -0.25) is 19.1 Å². The average molecular weight is 719 g/mol. The van der Waals surface area contributed by atoms with Crippen molar-refractivity contribution in [2.24, 2.45) is 0 Å². The van der Waals surface area contributed by atoms with Gasteiger partial charge >= 0.3 is 5.69 Å². The van der Waals surface area contributed by atoms with Crippen LogP contribution in [0.1, 0.15) is 79.8 Å². The molecule has 5 heterocycles. The quantitative estimate of drug-likeness (QED) is 0.220. The second-order valence-electron chi connectivity index (χ2n) is 14.9. The van der Waals surface area contributed by atoms with Crippen molar-refractivity contribution in [1.29, 1.82) is 0 Å². The molecule has 276 valence electrons. The second kappa shape index (κ2) is 15.2. The maximum absolute atomic E-state index is 14.6. The third kappa shape index (κ3) is 7.34. The van der Waals surface area contributed by atoms with Gasteiger partial charge in [0, 0.05) is 64.0 Å². The maximum Gasteiger partial charge on any atom is 0.337 e. The molecule has 1 amide bonds. The lowest BCUT2D eigenvalue weighted by Gasteiger charge is -2.34. The van der Waals surface area contributed by atoms with Crippen molar-refractivity contribution in [3.8, 4) is 16.8 Å². The van der Waals surface area contributed by atoms with Gasteiger partial charge in [-0.15, -0.1) is 0 Å². The van der Waals surface area contributed by atoms with Gasteiger partial charge in [-0.1, -0.05) is 43.3 Å². The minimum atomic E-state index is -0.643. The van der Waals surface area contributed by atoms with Crippen LogP contribution in [0.15, 0.2) is 76.6 Å². The van der Waals surface area contributed by atoms with Crippen molar-refractivity contribution in [1.82, 2.24) is 38.8 Å². The fourth-order valence-electron chi connectivity index (χ4n) is 8.37. The number of hydrogen-bond donors (Lipinski definition) is 1. The van der Waals surface area contributed by atoms with Crippen LogP contribution in [0.2, 0.25) is 0 Å². The molecule has 5 aromatic rings. The number of fused-ring (bicyclic) bond motifs is 2. The molecule has 0 unspecified atom stereocenters. The Kier molecular flexibility index (Phi) is 10.1. The molecule has 1 N–H and O–H groups in total. The normalized spacial score (nSPS) is 19.7. The Hall–Kier alpha value is -4.94. The van der Waals surface area contributed by atoms with Crippen LogP contribution in [0.4, 0.5) is 4.39 Å². The highest BCUT2D eigenvalue weighted by Crippen LogP contribution is 2.29. The molecule has 1 saturated carbocycles. The van der Waals surface area contributed by atoms with Crippen LogP contribution >= 0.6 is 0 Å². The molecule has 11 nitrogen and oxygen atoms in total.